The van der Waals surface area contributed by atoms with Crippen molar-refractivity contribution in [3.05, 3.63) is 71.8 Å². The second-order valence-electron chi connectivity index (χ2n) is 5.01. The van der Waals surface area contributed by atoms with Gasteiger partial charge in [-0.3, -0.25) is 9.59 Å². The van der Waals surface area contributed by atoms with E-state index in [-0.39, 0.29) is 0 Å². The van der Waals surface area contributed by atoms with E-state index in [4.69, 9.17) is 0 Å². The molecule has 2 aromatic carbocycles. The number of hydrogen-bond acceptors (Lipinski definition) is 3. The Labute approximate surface area is 138 Å². The van der Waals surface area contributed by atoms with Crippen LogP contribution in [0.3, 0.4) is 0 Å². The van der Waals surface area contributed by atoms with Crippen LogP contribution in [-0.4, -0.2) is 36.1 Å². The summed E-state index contributed by atoms with van der Waals surface area (Å²) in [6.45, 7) is 10.1. The topological polar surface area (TPSA) is 37.4 Å². The molecule has 0 heterocycles. The van der Waals surface area contributed by atoms with Gasteiger partial charge in [0.2, 0.25) is 11.6 Å². The third-order valence-electron chi connectivity index (χ3n) is 3.62. The second-order valence-corrected chi connectivity index (χ2v) is 5.01. The molecule has 0 fully saturated rings. The maximum Gasteiger partial charge on any atom is 0.233 e. The standard InChI is InChI=1S/C14H10O2.C6H15N/c15-13(11-7-3-1-4-8-11)14(16)12-9-5-2-6-10-12;1-4-7(5-2)6-3/h1-10H;4-6H2,1-3H3. The molecule has 0 unspecified atom stereocenters. The average molecular weight is 311 g/mol. The predicted molar refractivity (Wildman–Crippen MR) is 95.0 cm³/mol. The summed E-state index contributed by atoms with van der Waals surface area (Å²) < 4.78 is 0. The van der Waals surface area contributed by atoms with Gasteiger partial charge in [0.25, 0.3) is 0 Å². The summed E-state index contributed by atoms with van der Waals surface area (Å²) in [4.78, 5) is 26.0. The van der Waals surface area contributed by atoms with E-state index in [1.54, 1.807) is 48.5 Å². The zero-order valence-electron chi connectivity index (χ0n) is 14.2. The first kappa shape index (κ1) is 18.8. The van der Waals surface area contributed by atoms with Crippen molar-refractivity contribution >= 4 is 11.6 Å². The van der Waals surface area contributed by atoms with Crippen LogP contribution < -0.4 is 0 Å². The number of carbonyl (C=O) groups excluding carboxylic acids is 2. The summed E-state index contributed by atoms with van der Waals surface area (Å²) in [5.74, 6) is -0.932. The van der Waals surface area contributed by atoms with Crippen molar-refractivity contribution in [3.63, 3.8) is 0 Å². The van der Waals surface area contributed by atoms with E-state index in [0.29, 0.717) is 11.1 Å². The molecule has 0 radical (unpaired) electrons. The van der Waals surface area contributed by atoms with E-state index in [1.165, 1.54) is 19.6 Å². The number of rotatable bonds is 6. The first-order valence-electron chi connectivity index (χ1n) is 8.05. The van der Waals surface area contributed by atoms with Crippen LogP contribution in [0, 0.1) is 0 Å². The van der Waals surface area contributed by atoms with Crippen molar-refractivity contribution < 1.29 is 9.59 Å². The highest BCUT2D eigenvalue weighted by Gasteiger charge is 2.16. The largest absolute Gasteiger partial charge is 0.304 e. The van der Waals surface area contributed by atoms with Crippen molar-refractivity contribution in [1.82, 2.24) is 4.90 Å². The molecule has 0 atom stereocenters. The van der Waals surface area contributed by atoms with Crippen molar-refractivity contribution in [1.29, 1.82) is 0 Å². The van der Waals surface area contributed by atoms with Gasteiger partial charge in [0, 0.05) is 11.1 Å². The summed E-state index contributed by atoms with van der Waals surface area (Å²) in [6, 6.07) is 17.2. The first-order chi connectivity index (χ1) is 11.1. The molecule has 0 bridgehead atoms. The fourth-order valence-electron chi connectivity index (χ4n) is 2.11. The summed E-state index contributed by atoms with van der Waals surface area (Å²) in [5, 5.41) is 0. The lowest BCUT2D eigenvalue weighted by Gasteiger charge is -2.13. The molecule has 3 heteroatoms. The third kappa shape index (κ3) is 6.17. The van der Waals surface area contributed by atoms with Crippen LogP contribution in [0.25, 0.3) is 0 Å². The Morgan fingerprint density at radius 2 is 0.957 bits per heavy atom. The Kier molecular flexibility index (Phi) is 8.55. The van der Waals surface area contributed by atoms with Crippen molar-refractivity contribution in [2.24, 2.45) is 0 Å². The summed E-state index contributed by atoms with van der Waals surface area (Å²) in [7, 11) is 0. The molecule has 0 saturated heterocycles. The quantitative estimate of drug-likeness (QED) is 0.595. The highest BCUT2D eigenvalue weighted by atomic mass is 16.2. The normalized spacial score (nSPS) is 9.91. The highest BCUT2D eigenvalue weighted by Crippen LogP contribution is 2.07. The van der Waals surface area contributed by atoms with Crippen LogP contribution >= 0.6 is 0 Å². The Hall–Kier alpha value is -2.26. The molecule has 0 saturated carbocycles. The number of nitrogens with zero attached hydrogens (tertiary/aromatic N) is 1. The summed E-state index contributed by atoms with van der Waals surface area (Å²) in [6.07, 6.45) is 0. The molecule has 23 heavy (non-hydrogen) atoms. The Morgan fingerprint density at radius 1 is 0.652 bits per heavy atom. The molecule has 0 aliphatic heterocycles. The Bertz CT molecular complexity index is 535. The zero-order valence-corrected chi connectivity index (χ0v) is 14.2. The summed E-state index contributed by atoms with van der Waals surface area (Å²) in [5.41, 5.74) is 0.854. The lowest BCUT2D eigenvalue weighted by molar-refractivity contribution is 0.0817. The van der Waals surface area contributed by atoms with Gasteiger partial charge in [-0.15, -0.1) is 0 Å². The first-order valence-corrected chi connectivity index (χ1v) is 8.05. The third-order valence-corrected chi connectivity index (χ3v) is 3.62. The van der Waals surface area contributed by atoms with Crippen molar-refractivity contribution in [2.75, 3.05) is 19.6 Å². The van der Waals surface area contributed by atoms with E-state index >= 15 is 0 Å². The van der Waals surface area contributed by atoms with E-state index < -0.39 is 11.6 Å². The van der Waals surface area contributed by atoms with Crippen LogP contribution in [0.4, 0.5) is 0 Å². The lowest BCUT2D eigenvalue weighted by Crippen LogP contribution is -2.21. The van der Waals surface area contributed by atoms with Gasteiger partial charge in [-0.05, 0) is 19.6 Å². The molecule has 0 aliphatic rings. The molecular weight excluding hydrogens is 286 g/mol. The van der Waals surface area contributed by atoms with Gasteiger partial charge in [0.1, 0.15) is 0 Å². The molecule has 0 spiro atoms. The van der Waals surface area contributed by atoms with E-state index in [1.807, 2.05) is 12.1 Å². The smallest absolute Gasteiger partial charge is 0.233 e. The van der Waals surface area contributed by atoms with Crippen LogP contribution in [0.2, 0.25) is 0 Å². The van der Waals surface area contributed by atoms with Gasteiger partial charge < -0.3 is 4.90 Å². The maximum atomic E-state index is 11.8. The minimum absolute atomic E-state index is 0.427. The van der Waals surface area contributed by atoms with E-state index in [9.17, 15) is 9.59 Å². The molecule has 3 nitrogen and oxygen atoms in total. The Balaban J connectivity index is 0.000000322. The monoisotopic (exact) mass is 311 g/mol. The van der Waals surface area contributed by atoms with Gasteiger partial charge in [-0.25, -0.2) is 0 Å². The van der Waals surface area contributed by atoms with E-state index in [2.05, 4.69) is 25.7 Å². The SMILES string of the molecule is CCN(CC)CC.O=C(C(=O)c1ccccc1)c1ccccc1. The second kappa shape index (κ2) is 10.5. The van der Waals surface area contributed by atoms with Crippen molar-refractivity contribution in [2.45, 2.75) is 20.8 Å². The molecule has 2 aromatic rings. The number of carbonyl (C=O) groups is 2. The number of benzene rings is 2. The van der Waals surface area contributed by atoms with Gasteiger partial charge >= 0.3 is 0 Å². The van der Waals surface area contributed by atoms with E-state index in [0.717, 1.165) is 0 Å². The summed E-state index contributed by atoms with van der Waals surface area (Å²) >= 11 is 0. The van der Waals surface area contributed by atoms with Gasteiger partial charge in [-0.1, -0.05) is 81.4 Å². The molecule has 0 aromatic heterocycles. The minimum Gasteiger partial charge on any atom is -0.304 e. The molecule has 0 amide bonds. The molecule has 0 N–H and O–H groups in total. The fraction of sp³-hybridized carbons (Fsp3) is 0.300. The number of ketones is 2. The molecule has 122 valence electrons. The predicted octanol–water partition coefficient (Wildman–Crippen LogP) is 4.10. The minimum atomic E-state index is -0.466. The molecular formula is C20H25NO2. The van der Waals surface area contributed by atoms with Crippen LogP contribution in [0.5, 0.6) is 0 Å². The van der Waals surface area contributed by atoms with Gasteiger partial charge in [-0.2, -0.15) is 0 Å². The van der Waals surface area contributed by atoms with Crippen LogP contribution in [0.1, 0.15) is 41.5 Å². The van der Waals surface area contributed by atoms with Crippen LogP contribution in [0.15, 0.2) is 60.7 Å². The average Bonchev–Trinajstić information content (AvgIpc) is 2.64. The highest BCUT2D eigenvalue weighted by molar-refractivity contribution is 6.49. The zero-order chi connectivity index (χ0) is 17.1. The Morgan fingerprint density at radius 3 is 1.17 bits per heavy atom. The maximum absolute atomic E-state index is 11.8. The molecule has 2 rings (SSSR count). The number of Topliss-reactive ketones (excluding diaryl/α,β-unsaturated/α-hetero) is 2. The van der Waals surface area contributed by atoms with Gasteiger partial charge in [0.05, 0.1) is 0 Å². The molecule has 0 aliphatic carbocycles. The van der Waals surface area contributed by atoms with Crippen molar-refractivity contribution in [3.8, 4) is 0 Å². The lowest BCUT2D eigenvalue weighted by atomic mass is 10.0. The van der Waals surface area contributed by atoms with Gasteiger partial charge in [0.15, 0.2) is 0 Å². The number of hydrogen-bond donors (Lipinski definition) is 0. The fourth-order valence-corrected chi connectivity index (χ4v) is 2.11. The van der Waals surface area contributed by atoms with Crippen LogP contribution in [-0.2, 0) is 0 Å².